The number of carbonyl (C=O) groups is 2. The van der Waals surface area contributed by atoms with Crippen LogP contribution >= 0.6 is 0 Å². The largest absolute Gasteiger partial charge is 0.508 e. The molecule has 0 bridgehead atoms. The molecule has 0 aliphatic carbocycles. The summed E-state index contributed by atoms with van der Waals surface area (Å²) in [6.45, 7) is 0. The standard InChI is InChI=1S/C17H18BNO6/c20-14-6-2-4-12(8-14)10-16(21)19-15(18(24)25)9-11-3-1-5-13(7-11)17(22)23/h1-8,15,20,24-25H,9-10H2,(H,19,21)(H,22,23)/t15-/m0/s1. The molecule has 1 atom stereocenters. The fourth-order valence-electron chi connectivity index (χ4n) is 2.43. The maximum atomic E-state index is 12.1. The van der Waals surface area contributed by atoms with Gasteiger partial charge in [-0.25, -0.2) is 4.79 Å². The van der Waals surface area contributed by atoms with Crippen LogP contribution in [0, 0.1) is 0 Å². The Kier molecular flexibility index (Phi) is 6.16. The second-order valence-electron chi connectivity index (χ2n) is 5.64. The van der Waals surface area contributed by atoms with E-state index in [-0.39, 0.29) is 24.2 Å². The first kappa shape index (κ1) is 18.5. The average molecular weight is 343 g/mol. The second kappa shape index (κ2) is 8.32. The van der Waals surface area contributed by atoms with Crippen LogP contribution in [0.15, 0.2) is 48.5 Å². The van der Waals surface area contributed by atoms with Gasteiger partial charge in [0.15, 0.2) is 0 Å². The molecular formula is C17H18BNO6. The van der Waals surface area contributed by atoms with Gasteiger partial charge in [0.05, 0.1) is 17.9 Å². The molecule has 25 heavy (non-hydrogen) atoms. The first-order chi connectivity index (χ1) is 11.8. The van der Waals surface area contributed by atoms with Gasteiger partial charge in [-0.3, -0.25) is 4.79 Å². The van der Waals surface area contributed by atoms with Gasteiger partial charge in [0, 0.05) is 0 Å². The summed E-state index contributed by atoms with van der Waals surface area (Å²) in [6, 6.07) is 12.2. The predicted octanol–water partition coefficient (Wildman–Crippen LogP) is 0.372. The van der Waals surface area contributed by atoms with Gasteiger partial charge < -0.3 is 25.6 Å². The summed E-state index contributed by atoms with van der Waals surface area (Å²) in [5.74, 6) is -2.49. The summed E-state index contributed by atoms with van der Waals surface area (Å²) in [6.07, 6.45) is 0.0252. The van der Waals surface area contributed by atoms with Gasteiger partial charge in [0.25, 0.3) is 0 Å². The van der Waals surface area contributed by atoms with E-state index in [2.05, 4.69) is 5.32 Å². The summed E-state index contributed by atoms with van der Waals surface area (Å²) in [7, 11) is -1.80. The van der Waals surface area contributed by atoms with Crippen LogP contribution in [-0.2, 0) is 17.6 Å². The molecule has 2 aromatic rings. The van der Waals surface area contributed by atoms with E-state index in [0.717, 1.165) is 0 Å². The zero-order valence-corrected chi connectivity index (χ0v) is 13.3. The van der Waals surface area contributed by atoms with Crippen molar-refractivity contribution < 1.29 is 29.9 Å². The molecule has 130 valence electrons. The number of aromatic carboxylic acids is 1. The Hall–Kier alpha value is -2.84. The molecule has 0 aliphatic rings. The normalized spacial score (nSPS) is 11.6. The number of phenols is 1. The zero-order chi connectivity index (χ0) is 18.4. The number of hydrogen-bond donors (Lipinski definition) is 5. The topological polar surface area (TPSA) is 127 Å². The number of carboxylic acids is 1. The van der Waals surface area contributed by atoms with E-state index in [9.17, 15) is 24.7 Å². The van der Waals surface area contributed by atoms with Gasteiger partial charge in [0.2, 0.25) is 5.91 Å². The van der Waals surface area contributed by atoms with E-state index < -0.39 is 24.9 Å². The molecule has 2 rings (SSSR count). The molecule has 2 aromatic carbocycles. The lowest BCUT2D eigenvalue weighted by Crippen LogP contribution is -2.48. The van der Waals surface area contributed by atoms with Gasteiger partial charge in [-0.1, -0.05) is 24.3 Å². The molecule has 0 saturated heterocycles. The Morgan fingerprint density at radius 1 is 1.04 bits per heavy atom. The molecule has 0 aromatic heterocycles. The molecule has 0 radical (unpaired) electrons. The van der Waals surface area contributed by atoms with Crippen LogP contribution in [-0.4, -0.2) is 45.2 Å². The van der Waals surface area contributed by atoms with E-state index in [4.69, 9.17) is 5.11 Å². The monoisotopic (exact) mass is 343 g/mol. The number of hydrogen-bond acceptors (Lipinski definition) is 5. The lowest BCUT2D eigenvalue weighted by molar-refractivity contribution is -0.120. The van der Waals surface area contributed by atoms with Gasteiger partial charge in [0.1, 0.15) is 5.75 Å². The van der Waals surface area contributed by atoms with E-state index in [1.807, 2.05) is 0 Å². The summed E-state index contributed by atoms with van der Waals surface area (Å²) in [5.41, 5.74) is 1.21. The zero-order valence-electron chi connectivity index (χ0n) is 13.3. The van der Waals surface area contributed by atoms with Crippen molar-refractivity contribution in [2.75, 3.05) is 0 Å². The highest BCUT2D eigenvalue weighted by Gasteiger charge is 2.25. The number of aromatic hydroxyl groups is 1. The Morgan fingerprint density at radius 2 is 1.72 bits per heavy atom. The third kappa shape index (κ3) is 5.63. The molecule has 0 spiro atoms. The van der Waals surface area contributed by atoms with Crippen molar-refractivity contribution in [3.05, 3.63) is 65.2 Å². The van der Waals surface area contributed by atoms with Crippen molar-refractivity contribution in [3.63, 3.8) is 0 Å². The number of nitrogens with one attached hydrogen (secondary N) is 1. The highest BCUT2D eigenvalue weighted by molar-refractivity contribution is 6.43. The molecule has 0 aliphatic heterocycles. The maximum Gasteiger partial charge on any atom is 0.475 e. The summed E-state index contributed by atoms with van der Waals surface area (Å²) in [5, 5.41) is 39.9. The molecule has 8 heteroatoms. The molecule has 5 N–H and O–H groups in total. The molecule has 7 nitrogen and oxygen atoms in total. The van der Waals surface area contributed by atoms with Crippen molar-refractivity contribution >= 4 is 19.0 Å². The average Bonchev–Trinajstić information content (AvgIpc) is 2.54. The fraction of sp³-hybridized carbons (Fsp3) is 0.176. The van der Waals surface area contributed by atoms with Crippen molar-refractivity contribution in [1.29, 1.82) is 0 Å². The van der Waals surface area contributed by atoms with Gasteiger partial charge in [-0.05, 0) is 41.8 Å². The van der Waals surface area contributed by atoms with Crippen molar-refractivity contribution in [1.82, 2.24) is 5.32 Å². The summed E-state index contributed by atoms with van der Waals surface area (Å²) >= 11 is 0. The Bertz CT molecular complexity index is 764. The van der Waals surface area contributed by atoms with Crippen LogP contribution in [0.3, 0.4) is 0 Å². The molecule has 0 heterocycles. The number of phenolic OH excluding ortho intramolecular Hbond substituents is 1. The number of benzene rings is 2. The van der Waals surface area contributed by atoms with Crippen LogP contribution in [0.4, 0.5) is 0 Å². The minimum atomic E-state index is -1.80. The van der Waals surface area contributed by atoms with Crippen LogP contribution in [0.2, 0.25) is 0 Å². The highest BCUT2D eigenvalue weighted by Crippen LogP contribution is 2.12. The van der Waals surface area contributed by atoms with Crippen LogP contribution in [0.5, 0.6) is 5.75 Å². The molecule has 0 fully saturated rings. The lowest BCUT2D eigenvalue weighted by Gasteiger charge is -2.18. The Balaban J connectivity index is 2.04. The van der Waals surface area contributed by atoms with Gasteiger partial charge >= 0.3 is 13.1 Å². The van der Waals surface area contributed by atoms with Crippen LogP contribution < -0.4 is 5.32 Å². The van der Waals surface area contributed by atoms with Crippen molar-refractivity contribution in [3.8, 4) is 5.75 Å². The Morgan fingerprint density at radius 3 is 2.36 bits per heavy atom. The maximum absolute atomic E-state index is 12.1. The first-order valence-electron chi connectivity index (χ1n) is 7.61. The Labute approximate surface area is 144 Å². The van der Waals surface area contributed by atoms with Gasteiger partial charge in [-0.2, -0.15) is 0 Å². The molecule has 0 unspecified atom stereocenters. The predicted molar refractivity (Wildman–Crippen MR) is 91.0 cm³/mol. The van der Waals surface area contributed by atoms with E-state index in [0.29, 0.717) is 11.1 Å². The number of amides is 1. The number of carboxylic acid groups (broad SMARTS) is 1. The SMILES string of the molecule is O=C(Cc1cccc(O)c1)N[C@@H](Cc1cccc(C(=O)O)c1)B(O)O. The summed E-state index contributed by atoms with van der Waals surface area (Å²) < 4.78 is 0. The van der Waals surface area contributed by atoms with Crippen LogP contribution in [0.1, 0.15) is 21.5 Å². The summed E-state index contributed by atoms with van der Waals surface area (Å²) in [4.78, 5) is 23.1. The molecule has 1 amide bonds. The van der Waals surface area contributed by atoms with E-state index in [1.54, 1.807) is 24.3 Å². The minimum absolute atomic E-state index is 0.0349. The third-order valence-corrected chi connectivity index (χ3v) is 3.61. The smallest absolute Gasteiger partial charge is 0.475 e. The third-order valence-electron chi connectivity index (χ3n) is 3.61. The molecule has 0 saturated carbocycles. The van der Waals surface area contributed by atoms with Crippen molar-refractivity contribution in [2.45, 2.75) is 18.8 Å². The lowest BCUT2D eigenvalue weighted by atomic mass is 9.75. The first-order valence-corrected chi connectivity index (χ1v) is 7.61. The quantitative estimate of drug-likeness (QED) is 0.463. The minimum Gasteiger partial charge on any atom is -0.508 e. The fourth-order valence-corrected chi connectivity index (χ4v) is 2.43. The van der Waals surface area contributed by atoms with E-state index >= 15 is 0 Å². The molecular weight excluding hydrogens is 325 g/mol. The number of rotatable bonds is 7. The number of carbonyl (C=O) groups excluding carboxylic acids is 1. The van der Waals surface area contributed by atoms with Crippen LogP contribution in [0.25, 0.3) is 0 Å². The van der Waals surface area contributed by atoms with Gasteiger partial charge in [-0.15, -0.1) is 0 Å². The van der Waals surface area contributed by atoms with E-state index in [1.165, 1.54) is 24.3 Å². The van der Waals surface area contributed by atoms with Crippen molar-refractivity contribution in [2.24, 2.45) is 0 Å². The second-order valence-corrected chi connectivity index (χ2v) is 5.64. The highest BCUT2D eigenvalue weighted by atomic mass is 16.4.